The molecular formula is C33H43NO6. The Balaban J connectivity index is 0.00000274. The van der Waals surface area contributed by atoms with Gasteiger partial charge >= 0.3 is 12.1 Å². The fraction of sp³-hybridized carbons (Fsp3) is 0.394. The smallest absolute Gasteiger partial charge is 0.407 e. The third-order valence-corrected chi connectivity index (χ3v) is 5.35. The molecular weight excluding hydrogens is 506 g/mol. The summed E-state index contributed by atoms with van der Waals surface area (Å²) in [7, 11) is 1.00. The second kappa shape index (κ2) is 14.5. The molecule has 3 aromatic carbocycles. The van der Waals surface area contributed by atoms with Gasteiger partial charge in [-0.25, -0.2) is 4.79 Å². The topological polar surface area (TPSA) is 94.1 Å². The van der Waals surface area contributed by atoms with Crippen molar-refractivity contribution in [1.29, 1.82) is 0 Å². The van der Waals surface area contributed by atoms with Crippen LogP contribution in [-0.2, 0) is 33.8 Å². The minimum atomic E-state index is -0.539. The van der Waals surface area contributed by atoms with Gasteiger partial charge in [-0.1, -0.05) is 54.1 Å². The maximum Gasteiger partial charge on any atom is 0.407 e. The lowest BCUT2D eigenvalue weighted by molar-refractivity contribution is -0.153. The predicted molar refractivity (Wildman–Crippen MR) is 158 cm³/mol. The second-order valence-electron chi connectivity index (χ2n) is 11.4. The monoisotopic (exact) mass is 549 g/mol. The summed E-state index contributed by atoms with van der Waals surface area (Å²) in [6, 6.07) is 21.9. The number of rotatable bonds is 8. The third kappa shape index (κ3) is 11.5. The average Bonchev–Trinajstić information content (AvgIpc) is 2.86. The number of aliphatic hydroxyl groups excluding tert-OH is 1. The molecule has 0 aliphatic heterocycles. The Morgan fingerprint density at radius 1 is 0.775 bits per heavy atom. The molecule has 0 aromatic heterocycles. The molecule has 0 aliphatic carbocycles. The summed E-state index contributed by atoms with van der Waals surface area (Å²) in [6.07, 6.45) is -0.291. The van der Waals surface area contributed by atoms with E-state index in [1.54, 1.807) is 0 Å². The summed E-state index contributed by atoms with van der Waals surface area (Å²) in [6.45, 7) is 13.9. The Morgan fingerprint density at radius 3 is 2.10 bits per heavy atom. The zero-order valence-electron chi connectivity index (χ0n) is 25.0. The number of carbonyl (C=O) groups excluding carboxylic acids is 2. The highest BCUT2D eigenvalue weighted by Gasteiger charge is 2.18. The Hall–Kier alpha value is -3.84. The minimum absolute atomic E-state index is 0.149. The van der Waals surface area contributed by atoms with Gasteiger partial charge in [-0.2, -0.15) is 0 Å². The standard InChI is InChI=1S/C32H39NO5.CH4O/c1-22-15-24(21-36-28-14-9-8-12-26(28)19-29(34)37-31(2,3)4)18-27(16-22)25-13-10-11-23(17-25)20-33-30(35)38-32(5,6)7;1-2/h8-18H,19-21H2,1-7H3,(H,33,35);2H,1H3. The van der Waals surface area contributed by atoms with Gasteiger partial charge in [0.1, 0.15) is 23.6 Å². The zero-order chi connectivity index (χ0) is 29.9. The number of aryl methyl sites for hydroxylation is 1. The van der Waals surface area contributed by atoms with Crippen LogP contribution in [-0.4, -0.2) is 35.5 Å². The normalized spacial score (nSPS) is 11.1. The third-order valence-electron chi connectivity index (χ3n) is 5.35. The second-order valence-corrected chi connectivity index (χ2v) is 11.4. The Bertz CT molecular complexity index is 1270. The molecule has 0 aliphatic rings. The van der Waals surface area contributed by atoms with Crippen LogP contribution in [0, 0.1) is 6.92 Å². The molecule has 0 radical (unpaired) electrons. The van der Waals surface area contributed by atoms with Crippen molar-refractivity contribution in [2.45, 2.75) is 79.2 Å². The first-order valence-corrected chi connectivity index (χ1v) is 13.3. The van der Waals surface area contributed by atoms with Crippen LogP contribution in [0.25, 0.3) is 11.1 Å². The number of alkyl carbamates (subject to hydrolysis) is 1. The number of amides is 1. The maximum absolute atomic E-state index is 12.4. The van der Waals surface area contributed by atoms with Gasteiger partial charge in [-0.05, 0) is 88.9 Å². The van der Waals surface area contributed by atoms with E-state index in [0.29, 0.717) is 18.9 Å². The van der Waals surface area contributed by atoms with E-state index in [-0.39, 0.29) is 12.4 Å². The van der Waals surface area contributed by atoms with Crippen molar-refractivity contribution in [3.05, 3.63) is 89.0 Å². The summed E-state index contributed by atoms with van der Waals surface area (Å²) in [4.78, 5) is 24.4. The quantitative estimate of drug-likeness (QED) is 0.302. The predicted octanol–water partition coefficient (Wildman–Crippen LogP) is 6.76. The molecule has 7 nitrogen and oxygen atoms in total. The first kappa shape index (κ1) is 32.4. The van der Waals surface area contributed by atoms with Gasteiger partial charge in [-0.3, -0.25) is 4.79 Å². The van der Waals surface area contributed by atoms with Crippen molar-refractivity contribution in [2.75, 3.05) is 7.11 Å². The van der Waals surface area contributed by atoms with E-state index in [0.717, 1.165) is 40.5 Å². The summed E-state index contributed by atoms with van der Waals surface area (Å²) < 4.78 is 17.0. The molecule has 0 bridgehead atoms. The summed E-state index contributed by atoms with van der Waals surface area (Å²) in [5, 5.41) is 9.81. The van der Waals surface area contributed by atoms with E-state index in [9.17, 15) is 9.59 Å². The fourth-order valence-corrected chi connectivity index (χ4v) is 3.95. The van der Waals surface area contributed by atoms with Crippen LogP contribution in [0.1, 0.15) is 63.8 Å². The van der Waals surface area contributed by atoms with E-state index >= 15 is 0 Å². The van der Waals surface area contributed by atoms with E-state index in [1.165, 1.54) is 0 Å². The molecule has 7 heteroatoms. The summed E-state index contributed by atoms with van der Waals surface area (Å²) >= 11 is 0. The van der Waals surface area contributed by atoms with Gasteiger partial charge in [0.2, 0.25) is 0 Å². The van der Waals surface area contributed by atoms with E-state index < -0.39 is 17.3 Å². The molecule has 0 saturated heterocycles. The molecule has 0 unspecified atom stereocenters. The highest BCUT2D eigenvalue weighted by atomic mass is 16.6. The molecule has 0 heterocycles. The van der Waals surface area contributed by atoms with Crippen LogP contribution in [0.4, 0.5) is 4.79 Å². The molecule has 216 valence electrons. The molecule has 2 N–H and O–H groups in total. The van der Waals surface area contributed by atoms with Gasteiger partial charge in [0.25, 0.3) is 0 Å². The lowest BCUT2D eigenvalue weighted by Gasteiger charge is -2.20. The van der Waals surface area contributed by atoms with Crippen LogP contribution in [0.5, 0.6) is 5.75 Å². The Morgan fingerprint density at radius 2 is 1.43 bits per heavy atom. The highest BCUT2D eigenvalue weighted by Crippen LogP contribution is 2.26. The first-order chi connectivity index (χ1) is 18.8. The molecule has 40 heavy (non-hydrogen) atoms. The Labute approximate surface area is 238 Å². The molecule has 0 fully saturated rings. The number of hydrogen-bond acceptors (Lipinski definition) is 6. The Kier molecular flexibility index (Phi) is 11.7. The van der Waals surface area contributed by atoms with Crippen LogP contribution >= 0.6 is 0 Å². The number of benzene rings is 3. The SMILES string of the molecule is CO.Cc1cc(COc2ccccc2CC(=O)OC(C)(C)C)cc(-c2cccc(CNC(=O)OC(C)(C)C)c2)c1. The number of aliphatic hydroxyl groups is 1. The van der Waals surface area contributed by atoms with Gasteiger partial charge < -0.3 is 24.6 Å². The number of carbonyl (C=O) groups is 2. The minimum Gasteiger partial charge on any atom is -0.489 e. The van der Waals surface area contributed by atoms with Crippen molar-refractivity contribution >= 4 is 12.1 Å². The lowest BCUT2D eigenvalue weighted by Crippen LogP contribution is -2.32. The number of nitrogens with one attached hydrogen (secondary N) is 1. The molecule has 1 amide bonds. The zero-order valence-corrected chi connectivity index (χ0v) is 25.0. The first-order valence-electron chi connectivity index (χ1n) is 13.3. The molecule has 3 rings (SSSR count). The van der Waals surface area contributed by atoms with Crippen molar-refractivity contribution in [3.8, 4) is 16.9 Å². The molecule has 0 spiro atoms. The van der Waals surface area contributed by atoms with Crippen molar-refractivity contribution in [3.63, 3.8) is 0 Å². The van der Waals surface area contributed by atoms with E-state index in [1.807, 2.05) is 84.0 Å². The van der Waals surface area contributed by atoms with Crippen molar-refractivity contribution in [2.24, 2.45) is 0 Å². The van der Waals surface area contributed by atoms with Gasteiger partial charge in [-0.15, -0.1) is 0 Å². The largest absolute Gasteiger partial charge is 0.489 e. The van der Waals surface area contributed by atoms with E-state index in [2.05, 4.69) is 36.5 Å². The van der Waals surface area contributed by atoms with Crippen LogP contribution in [0.2, 0.25) is 0 Å². The number of esters is 1. The van der Waals surface area contributed by atoms with Crippen molar-refractivity contribution in [1.82, 2.24) is 5.32 Å². The van der Waals surface area contributed by atoms with Crippen LogP contribution < -0.4 is 10.1 Å². The van der Waals surface area contributed by atoms with Gasteiger partial charge in [0.15, 0.2) is 0 Å². The van der Waals surface area contributed by atoms with Crippen LogP contribution in [0.3, 0.4) is 0 Å². The number of hydrogen-bond donors (Lipinski definition) is 2. The molecule has 0 saturated carbocycles. The number of ether oxygens (including phenoxy) is 3. The molecule has 3 aromatic rings. The fourth-order valence-electron chi connectivity index (χ4n) is 3.95. The summed E-state index contributed by atoms with van der Waals surface area (Å²) in [5.74, 6) is 0.379. The lowest BCUT2D eigenvalue weighted by atomic mass is 9.99. The average molecular weight is 550 g/mol. The van der Waals surface area contributed by atoms with Crippen LogP contribution in [0.15, 0.2) is 66.7 Å². The summed E-state index contributed by atoms with van der Waals surface area (Å²) in [5.41, 5.74) is 4.93. The maximum atomic E-state index is 12.4. The van der Waals surface area contributed by atoms with Gasteiger partial charge in [0, 0.05) is 19.2 Å². The van der Waals surface area contributed by atoms with Crippen molar-refractivity contribution < 1.29 is 28.9 Å². The molecule has 0 atom stereocenters. The highest BCUT2D eigenvalue weighted by molar-refractivity contribution is 5.74. The number of para-hydroxylation sites is 1. The van der Waals surface area contributed by atoms with Gasteiger partial charge in [0.05, 0.1) is 6.42 Å². The van der Waals surface area contributed by atoms with E-state index in [4.69, 9.17) is 19.3 Å².